The lowest BCUT2D eigenvalue weighted by molar-refractivity contribution is -0.885. The largest absolute Gasteiger partial charge is 0.494 e. The maximum atomic E-state index is 12.0. The van der Waals surface area contributed by atoms with Crippen molar-refractivity contribution in [3.63, 3.8) is 0 Å². The number of halogens is 1. The first kappa shape index (κ1) is 21.5. The minimum atomic E-state index is -0.451. The normalized spacial score (nSPS) is 11.4. The second-order valence-electron chi connectivity index (χ2n) is 6.23. The highest BCUT2D eigenvalue weighted by atomic mass is 35.5. The fraction of sp³-hybridized carbons (Fsp3) is 0.300. The van der Waals surface area contributed by atoms with Crippen molar-refractivity contribution in [3.8, 4) is 11.5 Å². The second kappa shape index (κ2) is 11.2. The predicted octanol–water partition coefficient (Wildman–Crippen LogP) is 0.980. The Morgan fingerprint density at radius 3 is 2.14 bits per heavy atom. The van der Waals surface area contributed by atoms with Crippen LogP contribution in [0.3, 0.4) is 0 Å². The van der Waals surface area contributed by atoms with E-state index in [1.807, 2.05) is 38.2 Å². The number of carbonyl (C=O) groups is 2. The summed E-state index contributed by atoms with van der Waals surface area (Å²) in [7, 11) is 1.90. The Balaban J connectivity index is 1.66. The molecule has 0 saturated carbocycles. The van der Waals surface area contributed by atoms with Gasteiger partial charge in [0, 0.05) is 10.6 Å². The van der Waals surface area contributed by atoms with Crippen LogP contribution in [-0.2, 0) is 16.1 Å². The molecule has 0 saturated heterocycles. The van der Waals surface area contributed by atoms with Gasteiger partial charge in [0.05, 0.1) is 13.7 Å². The first-order chi connectivity index (χ1) is 13.5. The molecule has 2 amide bonds. The van der Waals surface area contributed by atoms with Crippen molar-refractivity contribution in [3.05, 3.63) is 59.1 Å². The third-order valence-electron chi connectivity index (χ3n) is 3.73. The van der Waals surface area contributed by atoms with Crippen LogP contribution in [0.1, 0.15) is 12.5 Å². The maximum Gasteiger partial charge on any atom is 0.293 e. The van der Waals surface area contributed by atoms with Crippen molar-refractivity contribution >= 4 is 23.4 Å². The van der Waals surface area contributed by atoms with Crippen LogP contribution in [0.2, 0.25) is 5.02 Å². The van der Waals surface area contributed by atoms with Gasteiger partial charge in [0.25, 0.3) is 11.8 Å². The van der Waals surface area contributed by atoms with Crippen LogP contribution in [0.25, 0.3) is 0 Å². The molecule has 0 bridgehead atoms. The fourth-order valence-corrected chi connectivity index (χ4v) is 2.58. The molecule has 0 aliphatic rings. The van der Waals surface area contributed by atoms with Gasteiger partial charge in [0.15, 0.2) is 13.2 Å². The molecule has 1 atom stereocenters. The zero-order chi connectivity index (χ0) is 20.4. The van der Waals surface area contributed by atoms with Gasteiger partial charge in [-0.25, -0.2) is 0 Å². The summed E-state index contributed by atoms with van der Waals surface area (Å²) in [4.78, 5) is 24.7. The molecule has 28 heavy (non-hydrogen) atoms. The van der Waals surface area contributed by atoms with E-state index in [0.29, 0.717) is 23.9 Å². The van der Waals surface area contributed by atoms with Gasteiger partial charge < -0.3 is 14.4 Å². The van der Waals surface area contributed by atoms with Crippen LogP contribution >= 0.6 is 11.6 Å². The molecule has 2 aromatic rings. The number of carbonyl (C=O) groups excluding carboxylic acids is 2. The zero-order valence-corrected chi connectivity index (χ0v) is 16.7. The lowest BCUT2D eigenvalue weighted by Crippen LogP contribution is -3.09. The van der Waals surface area contributed by atoms with E-state index in [1.54, 1.807) is 24.3 Å². The molecule has 0 aliphatic heterocycles. The van der Waals surface area contributed by atoms with Crippen molar-refractivity contribution in [2.24, 2.45) is 0 Å². The van der Waals surface area contributed by atoms with E-state index in [2.05, 4.69) is 10.9 Å². The van der Waals surface area contributed by atoms with Gasteiger partial charge in [-0.05, 0) is 55.5 Å². The van der Waals surface area contributed by atoms with E-state index in [0.717, 1.165) is 16.2 Å². The van der Waals surface area contributed by atoms with Crippen LogP contribution in [0.15, 0.2) is 48.5 Å². The highest BCUT2D eigenvalue weighted by Gasteiger charge is 2.12. The first-order valence-electron chi connectivity index (χ1n) is 8.95. The molecule has 7 nitrogen and oxygen atoms in total. The highest BCUT2D eigenvalue weighted by molar-refractivity contribution is 6.30. The lowest BCUT2D eigenvalue weighted by Gasteiger charge is -2.14. The van der Waals surface area contributed by atoms with E-state index >= 15 is 0 Å². The zero-order valence-electron chi connectivity index (χ0n) is 16.0. The van der Waals surface area contributed by atoms with Crippen LogP contribution < -0.4 is 25.2 Å². The van der Waals surface area contributed by atoms with Crippen molar-refractivity contribution in [1.82, 2.24) is 10.9 Å². The third-order valence-corrected chi connectivity index (χ3v) is 3.98. The van der Waals surface area contributed by atoms with E-state index < -0.39 is 5.91 Å². The number of quaternary nitrogens is 1. The molecule has 0 radical (unpaired) electrons. The molecule has 0 spiro atoms. The topological polar surface area (TPSA) is 81.1 Å². The Morgan fingerprint density at radius 2 is 1.50 bits per heavy atom. The molecule has 8 heteroatoms. The number of nitrogens with one attached hydrogen (secondary N) is 3. The summed E-state index contributed by atoms with van der Waals surface area (Å²) in [5.74, 6) is 0.603. The molecule has 3 N–H and O–H groups in total. The van der Waals surface area contributed by atoms with Gasteiger partial charge in [-0.3, -0.25) is 20.4 Å². The molecule has 0 aromatic heterocycles. The predicted molar refractivity (Wildman–Crippen MR) is 106 cm³/mol. The van der Waals surface area contributed by atoms with Gasteiger partial charge in [-0.1, -0.05) is 11.6 Å². The molecular formula is C20H25ClN3O4+. The number of likely N-dealkylation sites (N-methyl/N-ethyl adjacent to an activating group) is 1. The monoisotopic (exact) mass is 406 g/mol. The number of benzene rings is 2. The minimum Gasteiger partial charge on any atom is -0.494 e. The number of hydrogen-bond donors (Lipinski definition) is 3. The molecule has 2 aromatic carbocycles. The Morgan fingerprint density at radius 1 is 0.929 bits per heavy atom. The number of hydrazine groups is 1. The summed E-state index contributed by atoms with van der Waals surface area (Å²) in [6.45, 7) is 3.24. The van der Waals surface area contributed by atoms with Crippen molar-refractivity contribution in [1.29, 1.82) is 0 Å². The molecule has 150 valence electrons. The summed E-state index contributed by atoms with van der Waals surface area (Å²) >= 11 is 5.78. The Labute approximate surface area is 169 Å². The van der Waals surface area contributed by atoms with Gasteiger partial charge in [-0.2, -0.15) is 0 Å². The quantitative estimate of drug-likeness (QED) is 0.542. The van der Waals surface area contributed by atoms with E-state index in [9.17, 15) is 9.59 Å². The standard InChI is InChI=1S/C20H24ClN3O4/c1-3-27-17-8-4-15(5-9-17)12-24(2)13-19(25)22-23-20(26)14-28-18-10-6-16(21)7-11-18/h4-11H,3,12-14H2,1-2H3,(H,22,25)(H,23,26)/p+1. The molecule has 0 heterocycles. The van der Waals surface area contributed by atoms with Crippen LogP contribution in [-0.4, -0.2) is 38.6 Å². The fourth-order valence-electron chi connectivity index (χ4n) is 2.45. The van der Waals surface area contributed by atoms with Gasteiger partial charge in [-0.15, -0.1) is 0 Å². The smallest absolute Gasteiger partial charge is 0.293 e. The van der Waals surface area contributed by atoms with Gasteiger partial charge in [0.1, 0.15) is 18.0 Å². The van der Waals surface area contributed by atoms with Crippen LogP contribution in [0, 0.1) is 0 Å². The molecule has 2 rings (SSSR count). The van der Waals surface area contributed by atoms with Crippen molar-refractivity contribution in [2.45, 2.75) is 13.5 Å². The van der Waals surface area contributed by atoms with Crippen LogP contribution in [0.4, 0.5) is 0 Å². The Kier molecular flexibility index (Phi) is 8.58. The van der Waals surface area contributed by atoms with Crippen molar-refractivity contribution < 1.29 is 24.0 Å². The SMILES string of the molecule is CCOc1ccc(C[NH+](C)CC(=O)NNC(=O)COc2ccc(Cl)cc2)cc1. The number of rotatable bonds is 9. The summed E-state index contributed by atoms with van der Waals surface area (Å²) in [6.07, 6.45) is 0. The number of ether oxygens (including phenoxy) is 2. The Bertz CT molecular complexity index is 766. The number of amides is 2. The Hall–Kier alpha value is -2.77. The maximum absolute atomic E-state index is 12.0. The van der Waals surface area contributed by atoms with E-state index in [4.69, 9.17) is 21.1 Å². The van der Waals surface area contributed by atoms with Gasteiger partial charge >= 0.3 is 0 Å². The van der Waals surface area contributed by atoms with Crippen LogP contribution in [0.5, 0.6) is 11.5 Å². The van der Waals surface area contributed by atoms with Gasteiger partial charge in [0.2, 0.25) is 0 Å². The van der Waals surface area contributed by atoms with E-state index in [-0.39, 0.29) is 19.1 Å². The van der Waals surface area contributed by atoms with Crippen molar-refractivity contribution in [2.75, 3.05) is 26.8 Å². The lowest BCUT2D eigenvalue weighted by atomic mass is 10.2. The summed E-state index contributed by atoms with van der Waals surface area (Å²) in [6, 6.07) is 14.4. The summed E-state index contributed by atoms with van der Waals surface area (Å²) in [5.41, 5.74) is 5.82. The number of hydrogen-bond acceptors (Lipinski definition) is 4. The highest BCUT2D eigenvalue weighted by Crippen LogP contribution is 2.15. The average Bonchev–Trinajstić information content (AvgIpc) is 2.67. The first-order valence-corrected chi connectivity index (χ1v) is 9.33. The molecule has 0 aliphatic carbocycles. The molecule has 0 fully saturated rings. The average molecular weight is 407 g/mol. The van der Waals surface area contributed by atoms with E-state index in [1.165, 1.54) is 0 Å². The summed E-state index contributed by atoms with van der Waals surface area (Å²) in [5, 5.41) is 0.584. The minimum absolute atomic E-state index is 0.212. The second-order valence-corrected chi connectivity index (χ2v) is 6.66. The molecular weight excluding hydrogens is 382 g/mol. The summed E-state index contributed by atoms with van der Waals surface area (Å²) < 4.78 is 10.7. The molecule has 1 unspecified atom stereocenters. The third kappa shape index (κ3) is 7.85.